The maximum absolute atomic E-state index is 9.07. The molecule has 1 aliphatic heterocycles. The molecule has 96 valence electrons. The third-order valence-corrected chi connectivity index (χ3v) is 3.53. The first-order valence-corrected chi connectivity index (χ1v) is 6.42. The van der Waals surface area contributed by atoms with E-state index >= 15 is 0 Å². The van der Waals surface area contributed by atoms with Crippen LogP contribution in [-0.4, -0.2) is 41.7 Å². The van der Waals surface area contributed by atoms with E-state index in [0.29, 0.717) is 5.92 Å². The number of aliphatic hydroxyl groups excluding tert-OH is 1. The maximum Gasteiger partial charge on any atom is 0.194 e. The second kappa shape index (κ2) is 5.65. The van der Waals surface area contributed by atoms with E-state index in [-0.39, 0.29) is 12.5 Å². The van der Waals surface area contributed by atoms with Crippen LogP contribution >= 0.6 is 0 Å². The molecule has 2 unspecified atom stereocenters. The summed E-state index contributed by atoms with van der Waals surface area (Å²) in [6.45, 7) is 4.41. The highest BCUT2D eigenvalue weighted by atomic mass is 16.3. The average molecular weight is 238 g/mol. The van der Waals surface area contributed by atoms with Crippen LogP contribution in [0.2, 0.25) is 0 Å². The molecule has 0 aromatic carbocycles. The zero-order chi connectivity index (χ0) is 12.3. The van der Waals surface area contributed by atoms with E-state index < -0.39 is 0 Å². The van der Waals surface area contributed by atoms with Crippen LogP contribution in [0.3, 0.4) is 0 Å². The fourth-order valence-corrected chi connectivity index (χ4v) is 2.43. The summed E-state index contributed by atoms with van der Waals surface area (Å²) in [6.07, 6.45) is 5.13. The first-order valence-electron chi connectivity index (χ1n) is 6.42. The van der Waals surface area contributed by atoms with Crippen LogP contribution in [0, 0.1) is 5.92 Å². The molecule has 0 spiro atoms. The van der Waals surface area contributed by atoms with Gasteiger partial charge in [0.05, 0.1) is 12.3 Å². The molecule has 2 heterocycles. The third kappa shape index (κ3) is 3.30. The van der Waals surface area contributed by atoms with Crippen LogP contribution in [-0.2, 0) is 6.42 Å². The quantitative estimate of drug-likeness (QED) is 0.866. The van der Waals surface area contributed by atoms with E-state index in [2.05, 4.69) is 16.9 Å². The van der Waals surface area contributed by atoms with E-state index in [0.717, 1.165) is 24.6 Å². The summed E-state index contributed by atoms with van der Waals surface area (Å²) in [5.74, 6) is 1.55. The van der Waals surface area contributed by atoms with Gasteiger partial charge in [0.2, 0.25) is 0 Å². The Kier molecular flexibility index (Phi) is 4.18. The van der Waals surface area contributed by atoms with Crippen molar-refractivity contribution in [3.8, 4) is 0 Å². The smallest absolute Gasteiger partial charge is 0.194 e. The van der Waals surface area contributed by atoms with Crippen molar-refractivity contribution in [2.45, 2.75) is 32.1 Å². The first-order chi connectivity index (χ1) is 8.19. The van der Waals surface area contributed by atoms with Crippen LogP contribution in [0.1, 0.15) is 37.3 Å². The van der Waals surface area contributed by atoms with Crippen LogP contribution in [0.4, 0.5) is 0 Å². The van der Waals surface area contributed by atoms with Gasteiger partial charge in [-0.05, 0) is 32.4 Å². The molecule has 1 aromatic rings. The van der Waals surface area contributed by atoms with Crippen molar-refractivity contribution in [3.05, 3.63) is 17.8 Å². The molecule has 4 heteroatoms. The lowest BCUT2D eigenvalue weighted by Gasteiger charge is -2.28. The fraction of sp³-hybridized carbons (Fsp3) is 0.769. The predicted molar refractivity (Wildman–Crippen MR) is 65.9 cm³/mol. The van der Waals surface area contributed by atoms with E-state index in [9.17, 15) is 0 Å². The number of rotatable bonds is 4. The van der Waals surface area contributed by atoms with Gasteiger partial charge in [-0.2, -0.15) is 0 Å². The predicted octanol–water partition coefficient (Wildman–Crippen LogP) is 1.65. The Morgan fingerprint density at radius 3 is 3.18 bits per heavy atom. The van der Waals surface area contributed by atoms with Gasteiger partial charge in [0.25, 0.3) is 0 Å². The molecule has 2 atom stereocenters. The number of oxazole rings is 1. The molecule has 1 aromatic heterocycles. The van der Waals surface area contributed by atoms with Gasteiger partial charge in [0, 0.05) is 18.9 Å². The van der Waals surface area contributed by atoms with Crippen LogP contribution < -0.4 is 0 Å². The highest BCUT2D eigenvalue weighted by Crippen LogP contribution is 2.21. The second-order valence-electron chi connectivity index (χ2n) is 5.22. The highest BCUT2D eigenvalue weighted by Gasteiger charge is 2.20. The number of aliphatic hydroxyl groups is 1. The Bertz CT molecular complexity index is 351. The van der Waals surface area contributed by atoms with Crippen molar-refractivity contribution in [1.29, 1.82) is 0 Å². The van der Waals surface area contributed by atoms with E-state index in [1.807, 2.05) is 6.92 Å². The van der Waals surface area contributed by atoms with Crippen LogP contribution in [0.25, 0.3) is 0 Å². The average Bonchev–Trinajstić information content (AvgIpc) is 2.76. The topological polar surface area (TPSA) is 49.5 Å². The second-order valence-corrected chi connectivity index (χ2v) is 5.22. The fourth-order valence-electron chi connectivity index (χ4n) is 2.43. The number of piperidine rings is 1. The molecule has 17 heavy (non-hydrogen) atoms. The van der Waals surface area contributed by atoms with Gasteiger partial charge in [0.1, 0.15) is 6.26 Å². The van der Waals surface area contributed by atoms with Gasteiger partial charge in [-0.15, -0.1) is 0 Å². The summed E-state index contributed by atoms with van der Waals surface area (Å²) < 4.78 is 5.48. The van der Waals surface area contributed by atoms with Crippen LogP contribution in [0.5, 0.6) is 0 Å². The van der Waals surface area contributed by atoms with E-state index in [1.165, 1.54) is 19.4 Å². The van der Waals surface area contributed by atoms with Gasteiger partial charge in [-0.1, -0.05) is 6.92 Å². The number of hydrogen-bond donors (Lipinski definition) is 1. The zero-order valence-corrected chi connectivity index (χ0v) is 10.7. The van der Waals surface area contributed by atoms with Crippen molar-refractivity contribution < 1.29 is 9.52 Å². The largest absolute Gasteiger partial charge is 0.449 e. The minimum absolute atomic E-state index is 0.0709. The number of likely N-dealkylation sites (tertiary alicyclic amines) is 1. The molecule has 0 aliphatic carbocycles. The molecule has 0 radical (unpaired) electrons. The zero-order valence-electron chi connectivity index (χ0n) is 10.7. The third-order valence-electron chi connectivity index (χ3n) is 3.53. The van der Waals surface area contributed by atoms with Crippen molar-refractivity contribution in [3.63, 3.8) is 0 Å². The first kappa shape index (κ1) is 12.6. The minimum atomic E-state index is 0.0709. The van der Waals surface area contributed by atoms with Gasteiger partial charge in [0.15, 0.2) is 5.89 Å². The van der Waals surface area contributed by atoms with E-state index in [4.69, 9.17) is 9.52 Å². The number of hydrogen-bond acceptors (Lipinski definition) is 4. The summed E-state index contributed by atoms with van der Waals surface area (Å²) in [4.78, 5) is 6.82. The Morgan fingerprint density at radius 1 is 1.65 bits per heavy atom. The molecule has 0 bridgehead atoms. The summed E-state index contributed by atoms with van der Waals surface area (Å²) in [7, 11) is 2.17. The molecular weight excluding hydrogens is 216 g/mol. The molecule has 1 N–H and O–H groups in total. The summed E-state index contributed by atoms with van der Waals surface area (Å²) in [6, 6.07) is 0. The lowest BCUT2D eigenvalue weighted by molar-refractivity contribution is 0.202. The molecule has 2 rings (SSSR count). The Hall–Kier alpha value is -0.870. The monoisotopic (exact) mass is 238 g/mol. The molecule has 0 amide bonds. The molecule has 0 saturated carbocycles. The van der Waals surface area contributed by atoms with Crippen molar-refractivity contribution in [1.82, 2.24) is 9.88 Å². The molecule has 1 aliphatic rings. The SMILES string of the molecule is CC(CO)c1coc(CC2CCCN(C)C2)n1. The minimum Gasteiger partial charge on any atom is -0.449 e. The van der Waals surface area contributed by atoms with Crippen molar-refractivity contribution in [2.75, 3.05) is 26.7 Å². The standard InChI is InChI=1S/C13H22N2O2/c1-10(8-16)12-9-17-13(14-12)6-11-4-3-5-15(2)7-11/h9-11,16H,3-8H2,1-2H3. The van der Waals surface area contributed by atoms with Gasteiger partial charge < -0.3 is 14.4 Å². The van der Waals surface area contributed by atoms with Crippen molar-refractivity contribution in [2.24, 2.45) is 5.92 Å². The van der Waals surface area contributed by atoms with E-state index in [1.54, 1.807) is 6.26 Å². The summed E-state index contributed by atoms with van der Waals surface area (Å²) in [5, 5.41) is 9.07. The number of aromatic nitrogens is 1. The Labute approximate surface area is 103 Å². The molecule has 4 nitrogen and oxygen atoms in total. The summed E-state index contributed by atoms with van der Waals surface area (Å²) >= 11 is 0. The van der Waals surface area contributed by atoms with Gasteiger partial charge in [-0.3, -0.25) is 0 Å². The van der Waals surface area contributed by atoms with Crippen molar-refractivity contribution >= 4 is 0 Å². The molecular formula is C13H22N2O2. The normalized spacial score (nSPS) is 23.8. The van der Waals surface area contributed by atoms with Gasteiger partial charge in [-0.25, -0.2) is 4.98 Å². The lowest BCUT2D eigenvalue weighted by atomic mass is 9.95. The summed E-state index contributed by atoms with van der Waals surface area (Å²) in [5.41, 5.74) is 0.867. The molecule has 1 saturated heterocycles. The Balaban J connectivity index is 1.92. The van der Waals surface area contributed by atoms with Gasteiger partial charge >= 0.3 is 0 Å². The number of nitrogens with zero attached hydrogens (tertiary/aromatic N) is 2. The molecule has 1 fully saturated rings. The Morgan fingerprint density at radius 2 is 2.47 bits per heavy atom. The van der Waals surface area contributed by atoms with Crippen LogP contribution in [0.15, 0.2) is 10.7 Å². The lowest BCUT2D eigenvalue weighted by Crippen LogP contribution is -2.33. The highest BCUT2D eigenvalue weighted by molar-refractivity contribution is 5.03. The maximum atomic E-state index is 9.07.